The van der Waals surface area contributed by atoms with E-state index >= 15 is 0 Å². The summed E-state index contributed by atoms with van der Waals surface area (Å²) in [4.78, 5) is 25.9. The fourth-order valence-electron chi connectivity index (χ4n) is 4.12. The first-order valence-corrected chi connectivity index (χ1v) is 11.8. The van der Waals surface area contributed by atoms with E-state index in [1.807, 2.05) is 38.4 Å². The van der Waals surface area contributed by atoms with Gasteiger partial charge in [0.15, 0.2) is 0 Å². The second-order valence-electron chi connectivity index (χ2n) is 8.52. The molecule has 0 saturated carbocycles. The first kappa shape index (κ1) is 24.0. The summed E-state index contributed by atoms with van der Waals surface area (Å²) in [6.45, 7) is 1.93. The summed E-state index contributed by atoms with van der Waals surface area (Å²) >= 11 is 6.10. The van der Waals surface area contributed by atoms with E-state index in [4.69, 9.17) is 11.6 Å². The van der Waals surface area contributed by atoms with Crippen molar-refractivity contribution in [2.24, 2.45) is 14.1 Å². The number of nitrogens with zero attached hydrogens (tertiary/aromatic N) is 7. The maximum absolute atomic E-state index is 12.9. The minimum atomic E-state index is -0.279. The molecule has 5 aromatic rings. The minimum Gasteiger partial charge on any atom is -0.375 e. The van der Waals surface area contributed by atoms with Gasteiger partial charge in [0.1, 0.15) is 22.6 Å². The molecular weight excluding hydrogens is 490 g/mol. The molecular formula is C26H22ClN9O. The van der Waals surface area contributed by atoms with Gasteiger partial charge in [-0.15, -0.1) is 0 Å². The van der Waals surface area contributed by atoms with Gasteiger partial charge in [-0.25, -0.2) is 15.0 Å². The van der Waals surface area contributed by atoms with Crippen molar-refractivity contribution in [2.75, 3.05) is 10.6 Å². The molecule has 0 aliphatic heterocycles. The van der Waals surface area contributed by atoms with Crippen molar-refractivity contribution < 1.29 is 0 Å². The Morgan fingerprint density at radius 3 is 2.51 bits per heavy atom. The summed E-state index contributed by atoms with van der Waals surface area (Å²) in [5, 5.41) is 21.3. The average molecular weight is 512 g/mol. The fraction of sp³-hybridized carbons (Fsp3) is 0.154. The SMILES string of the molecule is CC(Nc1cc(=O)n(C)c2c(Nc3ccnc(Cl)c3C#N)cccc12)c1ncc(-c2cnn(C)c2)cn1. The summed E-state index contributed by atoms with van der Waals surface area (Å²) in [5.74, 6) is 0.584. The lowest BCUT2D eigenvalue weighted by Crippen LogP contribution is -2.19. The molecule has 0 radical (unpaired) electrons. The number of rotatable bonds is 6. The second kappa shape index (κ2) is 9.72. The molecule has 4 aromatic heterocycles. The molecule has 0 amide bonds. The van der Waals surface area contributed by atoms with E-state index in [-0.39, 0.29) is 22.3 Å². The third-order valence-corrected chi connectivity index (χ3v) is 6.30. The molecule has 0 saturated heterocycles. The molecule has 1 atom stereocenters. The minimum absolute atomic E-state index is 0.104. The van der Waals surface area contributed by atoms with E-state index in [1.54, 1.807) is 47.0 Å². The fourth-order valence-corrected chi connectivity index (χ4v) is 4.32. The number of nitrogens with one attached hydrogen (secondary N) is 2. The van der Waals surface area contributed by atoms with Crippen LogP contribution in [0.3, 0.4) is 0 Å². The van der Waals surface area contributed by atoms with Gasteiger partial charge >= 0.3 is 0 Å². The van der Waals surface area contributed by atoms with E-state index in [9.17, 15) is 10.1 Å². The highest BCUT2D eigenvalue weighted by atomic mass is 35.5. The van der Waals surface area contributed by atoms with Crippen molar-refractivity contribution >= 4 is 39.6 Å². The van der Waals surface area contributed by atoms with Crippen molar-refractivity contribution in [1.29, 1.82) is 5.26 Å². The van der Waals surface area contributed by atoms with Crippen LogP contribution in [0.15, 0.2) is 66.1 Å². The quantitative estimate of drug-likeness (QED) is 0.317. The number of hydrogen-bond acceptors (Lipinski definition) is 8. The van der Waals surface area contributed by atoms with Crippen molar-refractivity contribution in [2.45, 2.75) is 13.0 Å². The number of para-hydroxylation sites is 1. The number of halogens is 1. The Bertz CT molecular complexity index is 1720. The number of nitriles is 1. The Kier molecular flexibility index (Phi) is 6.29. The van der Waals surface area contributed by atoms with Gasteiger partial charge < -0.3 is 15.2 Å². The molecule has 0 aliphatic carbocycles. The smallest absolute Gasteiger partial charge is 0.252 e. The predicted molar refractivity (Wildman–Crippen MR) is 143 cm³/mol. The van der Waals surface area contributed by atoms with Crippen LogP contribution in [0.2, 0.25) is 5.15 Å². The van der Waals surface area contributed by atoms with Crippen LogP contribution in [0.1, 0.15) is 24.4 Å². The lowest BCUT2D eigenvalue weighted by Gasteiger charge is -2.19. The van der Waals surface area contributed by atoms with E-state index in [2.05, 4.69) is 36.8 Å². The number of anilines is 3. The molecule has 5 rings (SSSR count). The third-order valence-electron chi connectivity index (χ3n) is 6.02. The molecule has 0 aliphatic rings. The van der Waals surface area contributed by atoms with Crippen molar-refractivity contribution in [1.82, 2.24) is 29.3 Å². The number of aryl methyl sites for hydroxylation is 2. The third kappa shape index (κ3) is 4.60. The molecule has 1 unspecified atom stereocenters. The molecule has 0 fully saturated rings. The highest BCUT2D eigenvalue weighted by molar-refractivity contribution is 6.31. The lowest BCUT2D eigenvalue weighted by atomic mass is 10.1. The number of benzene rings is 1. The van der Waals surface area contributed by atoms with Crippen LogP contribution < -0.4 is 16.2 Å². The van der Waals surface area contributed by atoms with Gasteiger partial charge in [-0.1, -0.05) is 23.7 Å². The summed E-state index contributed by atoms with van der Waals surface area (Å²) in [6, 6.07) is 10.6. The van der Waals surface area contributed by atoms with Gasteiger partial charge in [0.2, 0.25) is 0 Å². The van der Waals surface area contributed by atoms with Crippen LogP contribution in [0.25, 0.3) is 22.0 Å². The normalized spacial score (nSPS) is 11.8. The van der Waals surface area contributed by atoms with Crippen LogP contribution >= 0.6 is 11.6 Å². The highest BCUT2D eigenvalue weighted by Gasteiger charge is 2.16. The van der Waals surface area contributed by atoms with Crippen LogP contribution in [-0.4, -0.2) is 29.3 Å². The highest BCUT2D eigenvalue weighted by Crippen LogP contribution is 2.33. The molecule has 4 heterocycles. The van der Waals surface area contributed by atoms with Crippen molar-refractivity contribution in [3.8, 4) is 17.2 Å². The topological polar surface area (TPSA) is 126 Å². The molecule has 184 valence electrons. The van der Waals surface area contributed by atoms with E-state index < -0.39 is 0 Å². The first-order chi connectivity index (χ1) is 17.9. The zero-order valence-corrected chi connectivity index (χ0v) is 21.0. The van der Waals surface area contributed by atoms with E-state index in [0.717, 1.165) is 16.5 Å². The zero-order valence-electron chi connectivity index (χ0n) is 20.3. The lowest BCUT2D eigenvalue weighted by molar-refractivity contribution is 0.768. The van der Waals surface area contributed by atoms with Gasteiger partial charge in [-0.2, -0.15) is 10.4 Å². The maximum atomic E-state index is 12.9. The summed E-state index contributed by atoms with van der Waals surface area (Å²) in [7, 11) is 3.56. The van der Waals surface area contributed by atoms with Gasteiger partial charge in [0.05, 0.1) is 29.1 Å². The Balaban J connectivity index is 1.50. The van der Waals surface area contributed by atoms with Crippen LogP contribution in [0, 0.1) is 11.3 Å². The van der Waals surface area contributed by atoms with Gasteiger partial charge in [-0.3, -0.25) is 9.48 Å². The predicted octanol–water partition coefficient (Wildman–Crippen LogP) is 4.57. The Hall–Kier alpha value is -4.75. The van der Waals surface area contributed by atoms with Crippen LogP contribution in [-0.2, 0) is 14.1 Å². The second-order valence-corrected chi connectivity index (χ2v) is 8.87. The van der Waals surface area contributed by atoms with Gasteiger partial charge in [0.25, 0.3) is 5.56 Å². The van der Waals surface area contributed by atoms with Gasteiger partial charge in [0, 0.05) is 67.1 Å². The van der Waals surface area contributed by atoms with Crippen molar-refractivity contribution in [3.63, 3.8) is 0 Å². The molecule has 37 heavy (non-hydrogen) atoms. The standard InChI is InChI=1S/C26H22ClN9O/c1-15(26-30-11-16(12-31-26)17-13-32-35(2)14-17)33-22-9-23(37)36(3)24-18(22)5-4-6-21(24)34-20-7-8-29-25(27)19(20)10-28/h4-9,11-15,33H,1-3H3,(H,29,34). The Morgan fingerprint density at radius 2 is 1.81 bits per heavy atom. The van der Waals surface area contributed by atoms with E-state index in [1.165, 1.54) is 6.20 Å². The molecule has 10 nitrogen and oxygen atoms in total. The van der Waals surface area contributed by atoms with Crippen LogP contribution in [0.4, 0.5) is 17.1 Å². The first-order valence-electron chi connectivity index (χ1n) is 11.4. The van der Waals surface area contributed by atoms with Crippen LogP contribution in [0.5, 0.6) is 0 Å². The maximum Gasteiger partial charge on any atom is 0.252 e. The Morgan fingerprint density at radius 1 is 1.03 bits per heavy atom. The largest absolute Gasteiger partial charge is 0.375 e. The Labute approximate surface area is 217 Å². The number of hydrogen-bond donors (Lipinski definition) is 2. The summed E-state index contributed by atoms with van der Waals surface area (Å²) < 4.78 is 3.28. The van der Waals surface area contributed by atoms with E-state index in [0.29, 0.717) is 28.4 Å². The molecule has 0 bridgehead atoms. The van der Waals surface area contributed by atoms with Gasteiger partial charge in [-0.05, 0) is 19.1 Å². The number of aromatic nitrogens is 6. The molecule has 1 aromatic carbocycles. The summed E-state index contributed by atoms with van der Waals surface area (Å²) in [5.41, 5.74) is 4.27. The zero-order chi connectivity index (χ0) is 26.1. The molecule has 2 N–H and O–H groups in total. The summed E-state index contributed by atoms with van der Waals surface area (Å²) in [6.07, 6.45) is 8.70. The molecule has 0 spiro atoms. The number of pyridine rings is 2. The monoisotopic (exact) mass is 511 g/mol. The molecule has 11 heteroatoms. The average Bonchev–Trinajstić information content (AvgIpc) is 3.33. The van der Waals surface area contributed by atoms with Crippen molar-refractivity contribution in [3.05, 3.63) is 88.2 Å². The number of fused-ring (bicyclic) bond motifs is 1.